The van der Waals surface area contributed by atoms with Crippen LogP contribution in [-0.2, 0) is 6.54 Å². The van der Waals surface area contributed by atoms with E-state index in [-0.39, 0.29) is 24.0 Å². The highest BCUT2D eigenvalue weighted by Crippen LogP contribution is 2.16. The minimum absolute atomic E-state index is 0. The predicted octanol–water partition coefficient (Wildman–Crippen LogP) is 3.02. The molecule has 2 rings (SSSR count). The lowest BCUT2D eigenvalue weighted by atomic mass is 10.0. The van der Waals surface area contributed by atoms with Gasteiger partial charge in [-0.25, -0.2) is 0 Å². The Morgan fingerprint density at radius 3 is 2.88 bits per heavy atom. The molecule has 1 unspecified atom stereocenters. The first kappa shape index (κ1) is 21.2. The summed E-state index contributed by atoms with van der Waals surface area (Å²) in [4.78, 5) is 11.2. The number of unbranched alkanes of at least 4 members (excludes halogenated alkanes) is 1. The van der Waals surface area contributed by atoms with Crippen LogP contribution in [0.5, 0.6) is 0 Å². The second-order valence-electron chi connectivity index (χ2n) is 6.26. The van der Waals surface area contributed by atoms with Gasteiger partial charge < -0.3 is 15.5 Å². The summed E-state index contributed by atoms with van der Waals surface area (Å²) < 4.78 is 0. The maximum atomic E-state index is 4.30. The first-order valence-corrected chi connectivity index (χ1v) is 8.88. The Hall–Kier alpha value is -0.890. The van der Waals surface area contributed by atoms with E-state index in [0.717, 1.165) is 24.2 Å². The second-order valence-corrected chi connectivity index (χ2v) is 6.26. The van der Waals surface area contributed by atoms with Crippen LogP contribution in [0.1, 0.15) is 44.7 Å². The van der Waals surface area contributed by atoms with Crippen molar-refractivity contribution in [3.05, 3.63) is 30.1 Å². The molecule has 0 radical (unpaired) electrons. The molecule has 1 aliphatic rings. The smallest absolute Gasteiger partial charge is 0.191 e. The van der Waals surface area contributed by atoms with Crippen LogP contribution in [0.3, 0.4) is 0 Å². The zero-order valence-electron chi connectivity index (χ0n) is 15.0. The van der Waals surface area contributed by atoms with Gasteiger partial charge in [0.1, 0.15) is 0 Å². The molecule has 0 aromatic carbocycles. The molecule has 0 amide bonds. The van der Waals surface area contributed by atoms with Gasteiger partial charge in [-0.15, -0.1) is 24.0 Å². The fourth-order valence-electron chi connectivity index (χ4n) is 3.03. The van der Waals surface area contributed by atoms with Crippen molar-refractivity contribution in [1.29, 1.82) is 0 Å². The molecule has 24 heavy (non-hydrogen) atoms. The molecule has 6 heteroatoms. The van der Waals surface area contributed by atoms with E-state index in [1.165, 1.54) is 45.2 Å². The molecule has 0 spiro atoms. The fraction of sp³-hybridized carbons (Fsp3) is 0.667. The highest BCUT2D eigenvalue weighted by molar-refractivity contribution is 14.0. The van der Waals surface area contributed by atoms with Crippen LogP contribution >= 0.6 is 24.0 Å². The van der Waals surface area contributed by atoms with Crippen molar-refractivity contribution < 1.29 is 0 Å². The molecule has 1 fully saturated rings. The lowest BCUT2D eigenvalue weighted by Gasteiger charge is -2.33. The van der Waals surface area contributed by atoms with Gasteiger partial charge in [0, 0.05) is 25.8 Å². The van der Waals surface area contributed by atoms with Crippen LogP contribution in [0.4, 0.5) is 0 Å². The third-order valence-corrected chi connectivity index (χ3v) is 4.49. The lowest BCUT2D eigenvalue weighted by molar-refractivity contribution is 0.158. The molecule has 1 atom stereocenters. The highest BCUT2D eigenvalue weighted by atomic mass is 127. The Morgan fingerprint density at radius 1 is 1.29 bits per heavy atom. The third kappa shape index (κ3) is 7.79. The maximum absolute atomic E-state index is 4.30. The second kappa shape index (κ2) is 12.5. The van der Waals surface area contributed by atoms with Crippen LogP contribution in [0, 0.1) is 0 Å². The summed E-state index contributed by atoms with van der Waals surface area (Å²) in [5, 5.41) is 6.68. The molecule has 1 saturated heterocycles. The minimum Gasteiger partial charge on any atom is -0.356 e. The largest absolute Gasteiger partial charge is 0.356 e. The van der Waals surface area contributed by atoms with Gasteiger partial charge in [0.2, 0.25) is 0 Å². The number of nitrogens with one attached hydrogen (secondary N) is 2. The maximum Gasteiger partial charge on any atom is 0.191 e. The number of halogens is 1. The van der Waals surface area contributed by atoms with Crippen molar-refractivity contribution in [2.24, 2.45) is 4.99 Å². The van der Waals surface area contributed by atoms with Crippen molar-refractivity contribution in [3.8, 4) is 0 Å². The average Bonchev–Trinajstić information content (AvgIpc) is 2.59. The summed E-state index contributed by atoms with van der Waals surface area (Å²) in [6, 6.07) is 6.71. The molecule has 0 bridgehead atoms. The molecular weight excluding hydrogens is 413 g/mol. The molecule has 0 saturated carbocycles. The minimum atomic E-state index is 0. The summed E-state index contributed by atoms with van der Waals surface area (Å²) in [6.07, 6.45) is 8.36. The van der Waals surface area contributed by atoms with Crippen molar-refractivity contribution in [3.63, 3.8) is 0 Å². The Bertz CT molecular complexity index is 466. The molecule has 1 aromatic rings. The van der Waals surface area contributed by atoms with Gasteiger partial charge in [0.25, 0.3) is 0 Å². The number of aromatic nitrogens is 1. The van der Waals surface area contributed by atoms with Crippen LogP contribution in [0.25, 0.3) is 0 Å². The Morgan fingerprint density at radius 2 is 2.17 bits per heavy atom. The molecule has 0 aliphatic carbocycles. The van der Waals surface area contributed by atoms with E-state index in [2.05, 4.69) is 32.4 Å². The van der Waals surface area contributed by atoms with E-state index >= 15 is 0 Å². The number of hydrogen-bond acceptors (Lipinski definition) is 3. The van der Waals surface area contributed by atoms with E-state index in [4.69, 9.17) is 0 Å². The van der Waals surface area contributed by atoms with Crippen molar-refractivity contribution in [2.75, 3.05) is 26.7 Å². The molecular formula is C18H32IN5. The number of pyridine rings is 1. The summed E-state index contributed by atoms with van der Waals surface area (Å²) >= 11 is 0. The first-order valence-electron chi connectivity index (χ1n) is 8.88. The van der Waals surface area contributed by atoms with Crippen LogP contribution in [0.2, 0.25) is 0 Å². The fourth-order valence-corrected chi connectivity index (χ4v) is 3.03. The monoisotopic (exact) mass is 445 g/mol. The van der Waals surface area contributed by atoms with Crippen molar-refractivity contribution in [1.82, 2.24) is 20.5 Å². The number of nitrogens with zero attached hydrogens (tertiary/aromatic N) is 3. The van der Waals surface area contributed by atoms with E-state index in [0.29, 0.717) is 6.54 Å². The summed E-state index contributed by atoms with van der Waals surface area (Å²) in [6.45, 7) is 6.53. The van der Waals surface area contributed by atoms with Gasteiger partial charge in [0.15, 0.2) is 5.96 Å². The zero-order valence-corrected chi connectivity index (χ0v) is 17.3. The van der Waals surface area contributed by atoms with Crippen molar-refractivity contribution in [2.45, 2.75) is 51.6 Å². The van der Waals surface area contributed by atoms with Crippen LogP contribution < -0.4 is 10.6 Å². The molecule has 136 valence electrons. The topological polar surface area (TPSA) is 52.6 Å². The van der Waals surface area contributed by atoms with E-state index in [9.17, 15) is 0 Å². The molecule has 1 aliphatic heterocycles. The van der Waals surface area contributed by atoms with Gasteiger partial charge in [-0.05, 0) is 57.8 Å². The Balaban J connectivity index is 0.00000288. The number of hydrogen-bond donors (Lipinski definition) is 2. The molecule has 1 aromatic heterocycles. The van der Waals surface area contributed by atoms with Crippen LogP contribution in [0.15, 0.2) is 29.4 Å². The first-order chi connectivity index (χ1) is 11.3. The third-order valence-electron chi connectivity index (χ3n) is 4.49. The van der Waals surface area contributed by atoms with Crippen molar-refractivity contribution >= 4 is 29.9 Å². The number of guanidine groups is 1. The standard InChI is InChI=1S/C18H31N5.HI/c1-16-9-4-7-13-23(16)14-8-6-12-21-18(19-2)22-15-17-10-3-5-11-20-17;/h3,5,10-11,16H,4,6-9,12-15H2,1-2H3,(H2,19,21,22);1H. The SMILES string of the molecule is CN=C(NCCCCN1CCCCC1C)NCc1ccccn1.I. The highest BCUT2D eigenvalue weighted by Gasteiger charge is 2.16. The molecule has 2 N–H and O–H groups in total. The number of piperidine rings is 1. The normalized spacial score (nSPS) is 18.8. The Labute approximate surface area is 163 Å². The Kier molecular flexibility index (Phi) is 11.0. The van der Waals surface area contributed by atoms with Gasteiger partial charge >= 0.3 is 0 Å². The molecule has 2 heterocycles. The van der Waals surface area contributed by atoms with Crippen LogP contribution in [-0.4, -0.2) is 48.6 Å². The van der Waals surface area contributed by atoms with Gasteiger partial charge in [0.05, 0.1) is 12.2 Å². The predicted molar refractivity (Wildman–Crippen MR) is 112 cm³/mol. The quantitative estimate of drug-likeness (QED) is 0.293. The van der Waals surface area contributed by atoms with Gasteiger partial charge in [-0.3, -0.25) is 9.98 Å². The van der Waals surface area contributed by atoms with E-state index < -0.39 is 0 Å². The van der Waals surface area contributed by atoms with E-state index in [1.807, 2.05) is 31.4 Å². The average molecular weight is 445 g/mol. The summed E-state index contributed by atoms with van der Waals surface area (Å²) in [5.41, 5.74) is 1.02. The van der Waals surface area contributed by atoms with Gasteiger partial charge in [-0.2, -0.15) is 0 Å². The summed E-state index contributed by atoms with van der Waals surface area (Å²) in [5.74, 6) is 0.849. The number of likely N-dealkylation sites (tertiary alicyclic amines) is 1. The van der Waals surface area contributed by atoms with Gasteiger partial charge in [-0.1, -0.05) is 12.5 Å². The van der Waals surface area contributed by atoms with E-state index in [1.54, 1.807) is 0 Å². The number of rotatable bonds is 7. The molecule has 5 nitrogen and oxygen atoms in total. The lowest BCUT2D eigenvalue weighted by Crippen LogP contribution is -2.39. The number of aliphatic imine (C=N–C) groups is 1. The summed E-state index contributed by atoms with van der Waals surface area (Å²) in [7, 11) is 1.81. The zero-order chi connectivity index (χ0) is 16.3.